The first-order valence-corrected chi connectivity index (χ1v) is 14.9. The molecule has 6 aliphatic rings. The van der Waals surface area contributed by atoms with Crippen LogP contribution in [0.1, 0.15) is 86.5 Å². The van der Waals surface area contributed by atoms with Crippen LogP contribution >= 0.6 is 0 Å². The van der Waals surface area contributed by atoms with Gasteiger partial charge in [-0.3, -0.25) is 9.59 Å². The maximum Gasteiger partial charge on any atom is 0.302 e. The third-order valence-corrected chi connectivity index (χ3v) is 13.1. The number of ketones is 1. The van der Waals surface area contributed by atoms with Crippen LogP contribution in [0.15, 0.2) is 0 Å². The molecular weight excluding hydrogens is 504 g/mol. The monoisotopic (exact) mass is 550 g/mol. The fraction of sp³-hybridized carbons (Fsp3) is 0.933. The smallest absolute Gasteiger partial charge is 0.302 e. The average molecular weight is 551 g/mol. The second-order valence-corrected chi connectivity index (χ2v) is 14.7. The van der Waals surface area contributed by atoms with Crippen LogP contribution in [0, 0.1) is 40.4 Å². The molecule has 0 spiro atoms. The molecule has 2 heterocycles. The van der Waals surface area contributed by atoms with Gasteiger partial charge in [-0.05, 0) is 88.4 Å². The van der Waals surface area contributed by atoms with E-state index in [4.69, 9.17) is 14.2 Å². The van der Waals surface area contributed by atoms with Crippen molar-refractivity contribution in [2.24, 2.45) is 40.4 Å². The fourth-order valence-electron chi connectivity index (χ4n) is 10.6. The highest BCUT2D eigenvalue weighted by molar-refractivity contribution is 5.91. The summed E-state index contributed by atoms with van der Waals surface area (Å²) < 4.78 is 18.1. The van der Waals surface area contributed by atoms with Crippen molar-refractivity contribution in [2.45, 2.75) is 134 Å². The van der Waals surface area contributed by atoms with E-state index in [0.29, 0.717) is 25.7 Å². The van der Waals surface area contributed by atoms with Crippen LogP contribution in [0.25, 0.3) is 0 Å². The summed E-state index contributed by atoms with van der Waals surface area (Å²) in [5.41, 5.74) is -4.27. The molecule has 0 amide bonds. The summed E-state index contributed by atoms with van der Waals surface area (Å²) in [6.07, 6.45) is -0.532. The average Bonchev–Trinajstić information content (AvgIpc) is 3.32. The Kier molecular flexibility index (Phi) is 6.09. The maximum absolute atomic E-state index is 13.6. The first-order valence-electron chi connectivity index (χ1n) is 14.9. The molecular formula is C30H46O9. The quantitative estimate of drug-likeness (QED) is 0.306. The van der Waals surface area contributed by atoms with Crippen LogP contribution in [0.5, 0.6) is 0 Å². The number of hydrogen-bond donors (Lipinski definition) is 4. The highest BCUT2D eigenvalue weighted by atomic mass is 16.7. The minimum Gasteiger partial charge on any atom is -0.462 e. The lowest BCUT2D eigenvalue weighted by Gasteiger charge is -2.64. The highest BCUT2D eigenvalue weighted by Crippen LogP contribution is 2.69. The molecule has 0 aromatic rings. The van der Waals surface area contributed by atoms with Gasteiger partial charge in [0.15, 0.2) is 12.1 Å². The Morgan fingerprint density at radius 3 is 2.41 bits per heavy atom. The number of epoxide rings is 1. The molecule has 4 aliphatic carbocycles. The molecule has 0 radical (unpaired) electrons. The van der Waals surface area contributed by atoms with Crippen LogP contribution in [0.4, 0.5) is 0 Å². The zero-order valence-corrected chi connectivity index (χ0v) is 24.1. The number of fused-ring (bicyclic) bond motifs is 6. The molecule has 0 bridgehead atoms. The van der Waals surface area contributed by atoms with Gasteiger partial charge in [-0.1, -0.05) is 13.8 Å². The number of ether oxygens (including phenoxy) is 3. The van der Waals surface area contributed by atoms with Crippen LogP contribution in [-0.4, -0.2) is 79.7 Å². The number of Topliss-reactive ketones (excluding diaryl/α,β-unsaturated/α-hetero) is 1. The van der Waals surface area contributed by atoms with Crippen molar-refractivity contribution < 1.29 is 44.2 Å². The lowest BCUT2D eigenvalue weighted by Crippen LogP contribution is -2.72. The van der Waals surface area contributed by atoms with Gasteiger partial charge in [-0.15, -0.1) is 0 Å². The van der Waals surface area contributed by atoms with E-state index in [1.165, 1.54) is 6.92 Å². The summed E-state index contributed by atoms with van der Waals surface area (Å²) in [5.74, 6) is -1.13. The van der Waals surface area contributed by atoms with Crippen LogP contribution < -0.4 is 0 Å². The number of hydrogen-bond acceptors (Lipinski definition) is 9. The first kappa shape index (κ1) is 28.0. The van der Waals surface area contributed by atoms with Gasteiger partial charge in [0, 0.05) is 19.3 Å². The van der Waals surface area contributed by atoms with Gasteiger partial charge in [0.25, 0.3) is 0 Å². The molecule has 4 saturated carbocycles. The predicted octanol–water partition coefficient (Wildman–Crippen LogP) is 2.10. The van der Waals surface area contributed by atoms with Crippen molar-refractivity contribution in [2.75, 3.05) is 0 Å². The molecule has 220 valence electrons. The van der Waals surface area contributed by atoms with E-state index in [1.54, 1.807) is 6.92 Å². The van der Waals surface area contributed by atoms with Crippen molar-refractivity contribution in [3.8, 4) is 0 Å². The number of carbonyl (C=O) groups is 2. The molecule has 4 N–H and O–H groups in total. The zero-order chi connectivity index (χ0) is 28.5. The minimum atomic E-state index is -1.58. The van der Waals surface area contributed by atoms with Crippen molar-refractivity contribution >= 4 is 11.8 Å². The SMILES string of the molecule is CC(=O)OC1CC(C(C)C2CC3(C)OC3(C)C(O)O2)C2(C)CCC3C(CC(O)C4(O)CCC(O)C(=O)C34C)C12. The second kappa shape index (κ2) is 8.48. The van der Waals surface area contributed by atoms with Crippen LogP contribution in [0.2, 0.25) is 0 Å². The Hall–Kier alpha value is -1.10. The lowest BCUT2D eigenvalue weighted by atomic mass is 9.41. The molecule has 9 nitrogen and oxygen atoms in total. The van der Waals surface area contributed by atoms with Gasteiger partial charge in [-0.25, -0.2) is 0 Å². The van der Waals surface area contributed by atoms with Crippen LogP contribution in [-0.2, 0) is 23.8 Å². The summed E-state index contributed by atoms with van der Waals surface area (Å²) in [6, 6.07) is 0. The normalized spacial score (nSPS) is 58.9. The van der Waals surface area contributed by atoms with E-state index >= 15 is 0 Å². The number of esters is 1. The minimum absolute atomic E-state index is 0.0361. The fourth-order valence-corrected chi connectivity index (χ4v) is 10.6. The Balaban J connectivity index is 1.35. The summed E-state index contributed by atoms with van der Waals surface area (Å²) >= 11 is 0. The van der Waals surface area contributed by atoms with E-state index in [2.05, 4.69) is 13.8 Å². The molecule has 0 aromatic carbocycles. The van der Waals surface area contributed by atoms with Gasteiger partial charge in [-0.2, -0.15) is 0 Å². The molecule has 15 unspecified atom stereocenters. The second-order valence-electron chi connectivity index (χ2n) is 14.7. The Bertz CT molecular complexity index is 1070. The third kappa shape index (κ3) is 3.46. The van der Waals surface area contributed by atoms with Crippen molar-refractivity contribution in [1.29, 1.82) is 0 Å². The third-order valence-electron chi connectivity index (χ3n) is 13.1. The molecule has 0 aromatic heterocycles. The van der Waals surface area contributed by atoms with Gasteiger partial charge < -0.3 is 34.6 Å². The number of rotatable bonds is 3. The zero-order valence-electron chi connectivity index (χ0n) is 24.1. The number of aliphatic hydroxyl groups excluding tert-OH is 3. The Morgan fingerprint density at radius 1 is 1.08 bits per heavy atom. The van der Waals surface area contributed by atoms with Gasteiger partial charge in [0.2, 0.25) is 0 Å². The van der Waals surface area contributed by atoms with Crippen molar-refractivity contribution in [1.82, 2.24) is 0 Å². The summed E-state index contributed by atoms with van der Waals surface area (Å²) in [4.78, 5) is 25.9. The van der Waals surface area contributed by atoms with Crippen molar-refractivity contribution in [3.63, 3.8) is 0 Å². The van der Waals surface area contributed by atoms with Gasteiger partial charge in [0.1, 0.15) is 29.0 Å². The molecule has 2 saturated heterocycles. The van der Waals surface area contributed by atoms with Crippen molar-refractivity contribution in [3.05, 3.63) is 0 Å². The van der Waals surface area contributed by atoms with E-state index in [-0.39, 0.29) is 65.7 Å². The topological polar surface area (TPSA) is 146 Å². The van der Waals surface area contributed by atoms with E-state index in [0.717, 1.165) is 6.42 Å². The van der Waals surface area contributed by atoms with Crippen LogP contribution in [0.3, 0.4) is 0 Å². The van der Waals surface area contributed by atoms with Gasteiger partial charge in [0.05, 0.1) is 17.6 Å². The number of carbonyl (C=O) groups excluding carboxylic acids is 2. The maximum atomic E-state index is 13.6. The largest absolute Gasteiger partial charge is 0.462 e. The predicted molar refractivity (Wildman–Crippen MR) is 138 cm³/mol. The Labute approximate surface area is 230 Å². The lowest BCUT2D eigenvalue weighted by molar-refractivity contribution is -0.254. The Morgan fingerprint density at radius 2 is 1.77 bits per heavy atom. The summed E-state index contributed by atoms with van der Waals surface area (Å²) in [5, 5.41) is 44.5. The highest BCUT2D eigenvalue weighted by Gasteiger charge is 2.74. The van der Waals surface area contributed by atoms with E-state index < -0.39 is 46.8 Å². The first-order chi connectivity index (χ1) is 18.0. The summed E-state index contributed by atoms with van der Waals surface area (Å²) in [6.45, 7) is 11.4. The molecule has 39 heavy (non-hydrogen) atoms. The van der Waals surface area contributed by atoms with Gasteiger partial charge >= 0.3 is 5.97 Å². The molecule has 2 aliphatic heterocycles. The summed E-state index contributed by atoms with van der Waals surface area (Å²) in [7, 11) is 0. The molecule has 9 heteroatoms. The standard InChI is InChI=1S/C30H46O9/c1-14(21-13-27(4)29(6,39-27)25(35)38-21)18-12-20(37-15(2)31)23-16-11-22(33)30(36)10-8-19(32)24(34)28(30,5)17(16)7-9-26(18,23)3/h14,16-23,25,32-33,35-36H,7-13H2,1-6H3. The van der Waals surface area contributed by atoms with E-state index in [9.17, 15) is 30.0 Å². The molecule has 6 rings (SSSR count). The molecule has 15 atom stereocenters. The number of aliphatic hydroxyl groups is 4. The molecule has 6 fully saturated rings. The van der Waals surface area contributed by atoms with E-state index in [1.807, 2.05) is 13.8 Å².